The van der Waals surface area contributed by atoms with Crippen molar-refractivity contribution in [2.24, 2.45) is 11.3 Å². The molecule has 10 heteroatoms. The van der Waals surface area contributed by atoms with Gasteiger partial charge in [0.1, 0.15) is 30.5 Å². The lowest BCUT2D eigenvalue weighted by Crippen LogP contribution is -2.59. The summed E-state index contributed by atoms with van der Waals surface area (Å²) in [7, 11) is 0. The van der Waals surface area contributed by atoms with Crippen molar-refractivity contribution in [3.05, 3.63) is 35.5 Å². The lowest BCUT2D eigenvalue weighted by molar-refractivity contribution is -0.293. The normalized spacial score (nSPS) is 43.4. The van der Waals surface area contributed by atoms with Gasteiger partial charge in [-0.2, -0.15) is 0 Å². The van der Waals surface area contributed by atoms with Gasteiger partial charge in [0.2, 0.25) is 12.0 Å². The van der Waals surface area contributed by atoms with Crippen LogP contribution in [0.1, 0.15) is 38.4 Å². The van der Waals surface area contributed by atoms with Crippen LogP contribution in [0, 0.1) is 11.3 Å². The van der Waals surface area contributed by atoms with Gasteiger partial charge in [-0.15, -0.1) is 0 Å². The molecule has 4 rings (SSSR count). The van der Waals surface area contributed by atoms with Crippen LogP contribution in [0.3, 0.4) is 0 Å². The first kappa shape index (κ1) is 22.3. The zero-order chi connectivity index (χ0) is 22.5. The highest BCUT2D eigenvalue weighted by Crippen LogP contribution is 2.57. The summed E-state index contributed by atoms with van der Waals surface area (Å²) >= 11 is 0. The summed E-state index contributed by atoms with van der Waals surface area (Å²) in [5.41, 5.74) is 0.467. The van der Waals surface area contributed by atoms with Gasteiger partial charge in [-0.1, -0.05) is 13.8 Å². The second kappa shape index (κ2) is 8.19. The number of hydrogen-bond acceptors (Lipinski definition) is 10. The number of cyclic esters (lactones) is 1. The van der Waals surface area contributed by atoms with Crippen LogP contribution >= 0.6 is 0 Å². The molecule has 0 spiro atoms. The average Bonchev–Trinajstić information content (AvgIpc) is 3.28. The van der Waals surface area contributed by atoms with E-state index >= 15 is 0 Å². The molecule has 0 radical (unpaired) electrons. The molecule has 1 aromatic heterocycles. The van der Waals surface area contributed by atoms with Crippen LogP contribution in [-0.4, -0.2) is 74.9 Å². The Hall–Kier alpha value is -1.95. The van der Waals surface area contributed by atoms with Crippen LogP contribution < -0.4 is 0 Å². The summed E-state index contributed by atoms with van der Waals surface area (Å²) in [6, 6.07) is 1.71. The summed E-state index contributed by atoms with van der Waals surface area (Å²) in [5.74, 6) is -1.48. The van der Waals surface area contributed by atoms with Crippen molar-refractivity contribution in [1.29, 1.82) is 0 Å². The lowest BCUT2D eigenvalue weighted by Gasteiger charge is -2.49. The Kier molecular flexibility index (Phi) is 5.88. The number of furan rings is 1. The van der Waals surface area contributed by atoms with Crippen LogP contribution in [-0.2, 0) is 19.0 Å². The molecule has 0 aromatic carbocycles. The monoisotopic (exact) mass is 440 g/mol. The molecular formula is C21H28O10. The Bertz CT molecular complexity index is 833. The van der Waals surface area contributed by atoms with Crippen LogP contribution in [0.4, 0.5) is 0 Å². The maximum atomic E-state index is 13.0. The zero-order valence-electron chi connectivity index (χ0n) is 17.2. The third-order valence-electron chi connectivity index (χ3n) is 6.77. The number of carbonyl (C=O) groups is 1. The molecule has 1 saturated carbocycles. The second-order valence-electron chi connectivity index (χ2n) is 8.71. The number of carbonyl (C=O) groups excluding carboxylic acids is 1. The fourth-order valence-corrected chi connectivity index (χ4v) is 4.94. The maximum Gasteiger partial charge on any atom is 0.374 e. The third-order valence-corrected chi connectivity index (χ3v) is 6.77. The second-order valence-corrected chi connectivity index (χ2v) is 8.71. The van der Waals surface area contributed by atoms with Gasteiger partial charge in [-0.25, -0.2) is 4.79 Å². The van der Waals surface area contributed by atoms with E-state index in [1.54, 1.807) is 13.0 Å². The predicted octanol–water partition coefficient (Wildman–Crippen LogP) is -0.255. The van der Waals surface area contributed by atoms with Crippen LogP contribution in [0.2, 0.25) is 0 Å². The van der Waals surface area contributed by atoms with Gasteiger partial charge in [0.25, 0.3) is 0 Å². The summed E-state index contributed by atoms with van der Waals surface area (Å²) in [6.45, 7) is 3.06. The molecule has 0 unspecified atom stereocenters. The average molecular weight is 440 g/mol. The van der Waals surface area contributed by atoms with Crippen LogP contribution in [0.25, 0.3) is 0 Å². The molecule has 31 heavy (non-hydrogen) atoms. The summed E-state index contributed by atoms with van der Waals surface area (Å²) in [6.07, 6.45) is -5.02. The smallest absolute Gasteiger partial charge is 0.374 e. The number of esters is 1. The molecule has 1 saturated heterocycles. The van der Waals surface area contributed by atoms with Gasteiger partial charge < -0.3 is 44.2 Å². The van der Waals surface area contributed by atoms with E-state index in [1.807, 2.05) is 6.92 Å². The van der Waals surface area contributed by atoms with E-state index in [0.717, 1.165) is 0 Å². The minimum Gasteiger partial charge on any atom is -0.472 e. The van der Waals surface area contributed by atoms with Gasteiger partial charge in [-0.3, -0.25) is 0 Å². The molecule has 2 fully saturated rings. The van der Waals surface area contributed by atoms with E-state index in [2.05, 4.69) is 0 Å². The Balaban J connectivity index is 1.74. The Labute approximate surface area is 178 Å². The van der Waals surface area contributed by atoms with E-state index in [9.17, 15) is 30.3 Å². The van der Waals surface area contributed by atoms with Crippen molar-refractivity contribution in [2.45, 2.75) is 69.6 Å². The topological polar surface area (TPSA) is 159 Å². The molecular weight excluding hydrogens is 412 g/mol. The van der Waals surface area contributed by atoms with Gasteiger partial charge in [0.05, 0.1) is 25.2 Å². The Morgan fingerprint density at radius 1 is 1.19 bits per heavy atom. The molecule has 9 atom stereocenters. The van der Waals surface area contributed by atoms with Crippen molar-refractivity contribution in [1.82, 2.24) is 0 Å². The van der Waals surface area contributed by atoms with E-state index in [0.29, 0.717) is 24.0 Å². The summed E-state index contributed by atoms with van der Waals surface area (Å²) in [4.78, 5) is 13.0. The highest BCUT2D eigenvalue weighted by molar-refractivity contribution is 5.89. The number of hydrogen-bond donors (Lipinski definition) is 5. The molecule has 0 bridgehead atoms. The van der Waals surface area contributed by atoms with Crippen molar-refractivity contribution in [3.63, 3.8) is 0 Å². The molecule has 0 amide bonds. The van der Waals surface area contributed by atoms with E-state index < -0.39 is 66.8 Å². The quantitative estimate of drug-likeness (QED) is 0.395. The van der Waals surface area contributed by atoms with Crippen LogP contribution in [0.15, 0.2) is 34.3 Å². The van der Waals surface area contributed by atoms with Crippen molar-refractivity contribution < 1.29 is 49.0 Å². The van der Waals surface area contributed by atoms with Crippen molar-refractivity contribution in [2.75, 3.05) is 6.61 Å². The zero-order valence-corrected chi connectivity index (χ0v) is 17.2. The third kappa shape index (κ3) is 3.57. The summed E-state index contributed by atoms with van der Waals surface area (Å²) in [5, 5.41) is 50.3. The number of ether oxygens (including phenoxy) is 3. The minimum absolute atomic E-state index is 0.210. The standard InChI is InChI=1S/C21H28O10/c1-9-11(23)3-5-21(2)13(9)17(19(27)31-18(21)10-4-6-28-8-10)30-20-16(26)15(25)14(24)12(7-22)29-20/h4,6,8-9,11-12,14-16,18,20,22-26H,3,5,7H2,1-2H3/t9-,11+,12+,14-,15+,16+,18+,20-,21-/m1/s1. The molecule has 3 heterocycles. The van der Waals surface area contributed by atoms with E-state index in [4.69, 9.17) is 18.6 Å². The number of fused-ring (bicyclic) bond motifs is 1. The van der Waals surface area contributed by atoms with Gasteiger partial charge in [-0.05, 0) is 24.5 Å². The number of rotatable bonds is 4. The molecule has 172 valence electrons. The molecule has 5 N–H and O–H groups in total. The lowest BCUT2D eigenvalue weighted by atomic mass is 9.61. The first-order valence-electron chi connectivity index (χ1n) is 10.3. The minimum atomic E-state index is -1.68. The first-order valence-corrected chi connectivity index (χ1v) is 10.3. The highest BCUT2D eigenvalue weighted by atomic mass is 16.7. The van der Waals surface area contributed by atoms with Crippen LogP contribution in [0.5, 0.6) is 0 Å². The fraction of sp³-hybridized carbons (Fsp3) is 0.667. The SMILES string of the molecule is C[C@H]1C2=C(O[C@H]3O[C@@H](CO)[C@@H](O)[C@H](O)[C@@H]3O)C(=O)O[C@@H](c3ccoc3)[C@]2(C)CC[C@@H]1O. The van der Waals surface area contributed by atoms with Crippen molar-refractivity contribution >= 4 is 5.97 Å². The molecule has 1 aliphatic carbocycles. The number of aliphatic hydroxyl groups is 5. The first-order chi connectivity index (χ1) is 14.7. The molecule has 1 aromatic rings. The molecule has 2 aliphatic heterocycles. The largest absolute Gasteiger partial charge is 0.472 e. The molecule has 10 nitrogen and oxygen atoms in total. The van der Waals surface area contributed by atoms with Crippen molar-refractivity contribution in [3.8, 4) is 0 Å². The Morgan fingerprint density at radius 2 is 1.94 bits per heavy atom. The predicted molar refractivity (Wildman–Crippen MR) is 102 cm³/mol. The maximum absolute atomic E-state index is 13.0. The molecule has 3 aliphatic rings. The summed E-state index contributed by atoms with van der Waals surface area (Å²) < 4.78 is 22.0. The van der Waals surface area contributed by atoms with Gasteiger partial charge in [0.15, 0.2) is 0 Å². The van der Waals surface area contributed by atoms with E-state index in [-0.39, 0.29) is 5.76 Å². The fourth-order valence-electron chi connectivity index (χ4n) is 4.94. The van der Waals surface area contributed by atoms with Gasteiger partial charge in [0, 0.05) is 16.9 Å². The van der Waals surface area contributed by atoms with E-state index in [1.165, 1.54) is 12.5 Å². The van der Waals surface area contributed by atoms with Gasteiger partial charge >= 0.3 is 5.97 Å². The number of aliphatic hydroxyl groups excluding tert-OH is 5. The Morgan fingerprint density at radius 3 is 2.58 bits per heavy atom. The highest BCUT2D eigenvalue weighted by Gasteiger charge is 2.55.